The molecule has 1 aromatic carbocycles. The van der Waals surface area contributed by atoms with Crippen LogP contribution in [-0.4, -0.2) is 25.6 Å². The molecule has 0 atom stereocenters. The van der Waals surface area contributed by atoms with Gasteiger partial charge in [0.05, 0.1) is 4.88 Å². The summed E-state index contributed by atoms with van der Waals surface area (Å²) < 4.78 is 28.5. The van der Waals surface area contributed by atoms with E-state index < -0.39 is 6.61 Å². The lowest BCUT2D eigenvalue weighted by Gasteiger charge is -2.04. The maximum absolute atomic E-state index is 12.1. The van der Waals surface area contributed by atoms with Gasteiger partial charge in [-0.3, -0.25) is 4.79 Å². The standard InChI is InChI=1S/C15H16F2N2O2S.ClH/c16-15(17)21-11-4-2-10(3-5-11)12-6-7-13(22-12)14(20)19-9-1-8-18;/h2-7,15H,1,8-9,18H2,(H,19,20);1H. The first-order chi connectivity index (χ1) is 10.6. The molecule has 0 saturated heterocycles. The normalized spacial score (nSPS) is 10.3. The lowest BCUT2D eigenvalue weighted by molar-refractivity contribution is -0.0498. The minimum atomic E-state index is -2.84. The smallest absolute Gasteiger partial charge is 0.387 e. The molecule has 2 rings (SSSR count). The molecule has 126 valence electrons. The van der Waals surface area contributed by atoms with Gasteiger partial charge >= 0.3 is 6.61 Å². The summed E-state index contributed by atoms with van der Waals surface area (Å²) in [4.78, 5) is 13.4. The van der Waals surface area contributed by atoms with Gasteiger partial charge in [0.25, 0.3) is 5.91 Å². The van der Waals surface area contributed by atoms with Crippen molar-refractivity contribution in [3.8, 4) is 16.2 Å². The summed E-state index contributed by atoms with van der Waals surface area (Å²) in [6.45, 7) is -1.76. The predicted molar refractivity (Wildman–Crippen MR) is 89.6 cm³/mol. The second-order valence-corrected chi connectivity index (χ2v) is 5.55. The highest BCUT2D eigenvalue weighted by molar-refractivity contribution is 7.17. The Morgan fingerprint density at radius 1 is 1.22 bits per heavy atom. The van der Waals surface area contributed by atoms with Crippen LogP contribution in [0, 0.1) is 0 Å². The first kappa shape index (κ1) is 19.3. The zero-order chi connectivity index (χ0) is 15.9. The van der Waals surface area contributed by atoms with Crippen molar-refractivity contribution in [2.75, 3.05) is 13.1 Å². The second-order valence-electron chi connectivity index (χ2n) is 4.46. The molecular weight excluding hydrogens is 346 g/mol. The van der Waals surface area contributed by atoms with E-state index in [-0.39, 0.29) is 24.1 Å². The third-order valence-corrected chi connectivity index (χ3v) is 3.99. The number of ether oxygens (including phenoxy) is 1. The van der Waals surface area contributed by atoms with Crippen molar-refractivity contribution in [3.05, 3.63) is 41.3 Å². The van der Waals surface area contributed by atoms with Crippen molar-refractivity contribution in [1.82, 2.24) is 5.32 Å². The fourth-order valence-corrected chi connectivity index (χ4v) is 2.73. The van der Waals surface area contributed by atoms with E-state index >= 15 is 0 Å². The Kier molecular flexibility index (Phi) is 7.94. The number of hydrogen-bond acceptors (Lipinski definition) is 4. The molecule has 3 N–H and O–H groups in total. The molecule has 0 fully saturated rings. The summed E-state index contributed by atoms with van der Waals surface area (Å²) in [5.41, 5.74) is 6.21. The molecule has 2 aromatic rings. The summed E-state index contributed by atoms with van der Waals surface area (Å²) in [5.74, 6) is -0.0302. The summed E-state index contributed by atoms with van der Waals surface area (Å²) in [5, 5.41) is 2.78. The average molecular weight is 363 g/mol. The van der Waals surface area contributed by atoms with E-state index in [0.29, 0.717) is 18.0 Å². The molecule has 0 unspecified atom stereocenters. The van der Waals surface area contributed by atoms with Gasteiger partial charge in [-0.05, 0) is 54.9 Å². The third kappa shape index (κ3) is 5.78. The number of rotatable bonds is 7. The van der Waals surface area contributed by atoms with Gasteiger partial charge in [0.2, 0.25) is 0 Å². The number of nitrogens with one attached hydrogen (secondary N) is 1. The molecule has 0 saturated carbocycles. The maximum atomic E-state index is 12.1. The molecule has 4 nitrogen and oxygen atoms in total. The molecule has 1 amide bonds. The van der Waals surface area contributed by atoms with Crippen LogP contribution >= 0.6 is 23.7 Å². The molecule has 0 radical (unpaired) electrons. The lowest BCUT2D eigenvalue weighted by Crippen LogP contribution is -2.25. The van der Waals surface area contributed by atoms with Gasteiger partial charge in [0, 0.05) is 11.4 Å². The SMILES string of the molecule is Cl.NCCCNC(=O)c1ccc(-c2ccc(OC(F)F)cc2)s1. The van der Waals surface area contributed by atoms with E-state index in [4.69, 9.17) is 5.73 Å². The van der Waals surface area contributed by atoms with Crippen molar-refractivity contribution in [2.24, 2.45) is 5.73 Å². The van der Waals surface area contributed by atoms with Crippen molar-refractivity contribution in [2.45, 2.75) is 13.0 Å². The van der Waals surface area contributed by atoms with Gasteiger partial charge < -0.3 is 15.8 Å². The topological polar surface area (TPSA) is 64.3 Å². The third-order valence-electron chi connectivity index (χ3n) is 2.86. The molecule has 1 heterocycles. The number of nitrogens with two attached hydrogens (primary N) is 1. The average Bonchev–Trinajstić information content (AvgIpc) is 2.97. The van der Waals surface area contributed by atoms with Crippen LogP contribution < -0.4 is 15.8 Å². The minimum absolute atomic E-state index is 0. The first-order valence-electron chi connectivity index (χ1n) is 6.73. The van der Waals surface area contributed by atoms with Gasteiger partial charge in [-0.15, -0.1) is 23.7 Å². The number of amides is 1. The zero-order valence-electron chi connectivity index (χ0n) is 12.1. The second kappa shape index (κ2) is 9.44. The Morgan fingerprint density at radius 2 is 1.91 bits per heavy atom. The highest BCUT2D eigenvalue weighted by atomic mass is 35.5. The number of alkyl halides is 2. The molecule has 0 bridgehead atoms. The minimum Gasteiger partial charge on any atom is -0.435 e. The molecule has 0 aliphatic rings. The molecule has 1 aromatic heterocycles. The molecular formula is C15H17ClF2N2O2S. The fraction of sp³-hybridized carbons (Fsp3) is 0.267. The number of hydrogen-bond donors (Lipinski definition) is 2. The van der Waals surface area contributed by atoms with E-state index in [0.717, 1.165) is 16.9 Å². The van der Waals surface area contributed by atoms with Crippen molar-refractivity contribution < 1.29 is 18.3 Å². The van der Waals surface area contributed by atoms with E-state index in [1.807, 2.05) is 6.07 Å². The Balaban J connectivity index is 0.00000264. The van der Waals surface area contributed by atoms with Crippen LogP contribution in [0.2, 0.25) is 0 Å². The van der Waals surface area contributed by atoms with Gasteiger partial charge in [0.1, 0.15) is 5.75 Å². The first-order valence-corrected chi connectivity index (χ1v) is 7.55. The molecule has 8 heteroatoms. The van der Waals surface area contributed by atoms with Gasteiger partial charge in [-0.1, -0.05) is 0 Å². The number of benzene rings is 1. The summed E-state index contributed by atoms with van der Waals surface area (Å²) in [6.07, 6.45) is 0.732. The van der Waals surface area contributed by atoms with Crippen LogP contribution in [0.15, 0.2) is 36.4 Å². The number of carbonyl (C=O) groups excluding carboxylic acids is 1. The van der Waals surface area contributed by atoms with Crippen molar-refractivity contribution in [1.29, 1.82) is 0 Å². The van der Waals surface area contributed by atoms with Gasteiger partial charge in [0.15, 0.2) is 0 Å². The Hall–Kier alpha value is -1.70. The summed E-state index contributed by atoms with van der Waals surface area (Å²) in [6, 6.07) is 9.87. The quantitative estimate of drug-likeness (QED) is 0.741. The fourth-order valence-electron chi connectivity index (χ4n) is 1.81. The van der Waals surface area contributed by atoms with Crippen LogP contribution in [0.5, 0.6) is 5.75 Å². The predicted octanol–water partition coefficient (Wildman–Crippen LogP) is 3.52. The lowest BCUT2D eigenvalue weighted by atomic mass is 10.2. The molecule has 0 spiro atoms. The Bertz CT molecular complexity index is 620. The van der Waals surface area contributed by atoms with E-state index in [1.54, 1.807) is 18.2 Å². The zero-order valence-corrected chi connectivity index (χ0v) is 13.8. The number of thiophene rings is 1. The van der Waals surface area contributed by atoms with Crippen LogP contribution in [0.3, 0.4) is 0 Å². The van der Waals surface area contributed by atoms with Gasteiger partial charge in [-0.25, -0.2) is 0 Å². The largest absolute Gasteiger partial charge is 0.435 e. The van der Waals surface area contributed by atoms with Gasteiger partial charge in [-0.2, -0.15) is 8.78 Å². The van der Waals surface area contributed by atoms with Crippen molar-refractivity contribution >= 4 is 29.7 Å². The van der Waals surface area contributed by atoms with E-state index in [9.17, 15) is 13.6 Å². The molecule has 0 aliphatic heterocycles. The van der Waals surface area contributed by atoms with Crippen LogP contribution in [0.4, 0.5) is 8.78 Å². The number of carbonyl (C=O) groups is 1. The molecule has 23 heavy (non-hydrogen) atoms. The van der Waals surface area contributed by atoms with E-state index in [1.165, 1.54) is 23.5 Å². The maximum Gasteiger partial charge on any atom is 0.387 e. The Labute approximate surface area is 143 Å². The van der Waals surface area contributed by atoms with Crippen molar-refractivity contribution in [3.63, 3.8) is 0 Å². The van der Waals surface area contributed by atoms with Crippen LogP contribution in [0.1, 0.15) is 16.1 Å². The summed E-state index contributed by atoms with van der Waals surface area (Å²) in [7, 11) is 0. The summed E-state index contributed by atoms with van der Waals surface area (Å²) >= 11 is 1.34. The Morgan fingerprint density at radius 3 is 2.52 bits per heavy atom. The highest BCUT2D eigenvalue weighted by Crippen LogP contribution is 2.29. The van der Waals surface area contributed by atoms with E-state index in [2.05, 4.69) is 10.1 Å². The van der Waals surface area contributed by atoms with Crippen LogP contribution in [-0.2, 0) is 0 Å². The van der Waals surface area contributed by atoms with Crippen LogP contribution in [0.25, 0.3) is 10.4 Å². The highest BCUT2D eigenvalue weighted by Gasteiger charge is 2.10. The monoisotopic (exact) mass is 362 g/mol. The molecule has 0 aliphatic carbocycles. The number of halogens is 3.